The zero-order valence-corrected chi connectivity index (χ0v) is 7.75. The van der Waals surface area contributed by atoms with E-state index in [2.05, 4.69) is 0 Å². The van der Waals surface area contributed by atoms with E-state index in [0.717, 1.165) is 0 Å². The molecule has 0 aliphatic heterocycles. The molecule has 0 unspecified atom stereocenters. The summed E-state index contributed by atoms with van der Waals surface area (Å²) in [6.07, 6.45) is 1.07. The molecule has 0 atom stereocenters. The molecule has 13 heavy (non-hydrogen) atoms. The highest BCUT2D eigenvalue weighted by Gasteiger charge is 2.09. The van der Waals surface area contributed by atoms with Crippen molar-refractivity contribution < 1.29 is 15.3 Å². The van der Waals surface area contributed by atoms with E-state index < -0.39 is 0 Å². The molecule has 3 N–H and O–H groups in total. The Kier molecular flexibility index (Phi) is 3.39. The second-order valence-electron chi connectivity index (χ2n) is 2.73. The lowest BCUT2D eigenvalue weighted by Gasteiger charge is -2.06. The van der Waals surface area contributed by atoms with Crippen LogP contribution in [0.25, 0.3) is 0 Å². The maximum atomic E-state index is 9.39. The van der Waals surface area contributed by atoms with Crippen molar-refractivity contribution in [3.63, 3.8) is 0 Å². The molecule has 0 saturated heterocycles. The predicted molar refractivity (Wildman–Crippen MR) is 50.2 cm³/mol. The summed E-state index contributed by atoms with van der Waals surface area (Å²) in [5.41, 5.74) is 0.593. The van der Waals surface area contributed by atoms with Crippen LogP contribution in [0.1, 0.15) is 12.0 Å². The van der Waals surface area contributed by atoms with Crippen LogP contribution in [0, 0.1) is 0 Å². The summed E-state index contributed by atoms with van der Waals surface area (Å²) in [5.74, 6) is -0.488. The van der Waals surface area contributed by atoms with E-state index in [-0.39, 0.29) is 23.1 Å². The molecule has 4 heteroatoms. The minimum atomic E-state index is -0.294. The molecule has 72 valence electrons. The number of aliphatic hydroxyl groups is 1. The average molecular weight is 203 g/mol. The second kappa shape index (κ2) is 4.35. The van der Waals surface area contributed by atoms with Crippen molar-refractivity contribution in [2.45, 2.75) is 12.8 Å². The van der Waals surface area contributed by atoms with Crippen LogP contribution in [0.3, 0.4) is 0 Å². The predicted octanol–water partition coefficient (Wildman–Crippen LogP) is 1.68. The molecule has 0 aliphatic rings. The molecule has 0 heterocycles. The van der Waals surface area contributed by atoms with Gasteiger partial charge in [-0.2, -0.15) is 0 Å². The smallest absolute Gasteiger partial charge is 0.176 e. The maximum absolute atomic E-state index is 9.39. The lowest BCUT2D eigenvalue weighted by atomic mass is 10.1. The van der Waals surface area contributed by atoms with Crippen LogP contribution in [0.2, 0.25) is 5.02 Å². The van der Waals surface area contributed by atoms with Crippen LogP contribution in [0.5, 0.6) is 11.5 Å². The molecule has 1 rings (SSSR count). The fraction of sp³-hybridized carbons (Fsp3) is 0.333. The van der Waals surface area contributed by atoms with Crippen molar-refractivity contribution in [3.8, 4) is 11.5 Å². The monoisotopic (exact) mass is 202 g/mol. The first-order chi connectivity index (χ1) is 6.16. The number of rotatable bonds is 3. The number of aryl methyl sites for hydroxylation is 1. The Labute approximate surface area is 81.2 Å². The topological polar surface area (TPSA) is 60.7 Å². The van der Waals surface area contributed by atoms with Gasteiger partial charge in [-0.15, -0.1) is 0 Å². The Morgan fingerprint density at radius 1 is 1.15 bits per heavy atom. The largest absolute Gasteiger partial charge is 0.504 e. The Hall–Kier alpha value is -0.930. The lowest BCUT2D eigenvalue weighted by molar-refractivity contribution is 0.287. The van der Waals surface area contributed by atoms with Crippen molar-refractivity contribution >= 4 is 11.6 Å². The van der Waals surface area contributed by atoms with Crippen LogP contribution in [-0.4, -0.2) is 21.9 Å². The molecular formula is C9H11ClO3. The van der Waals surface area contributed by atoms with Gasteiger partial charge in [-0.1, -0.05) is 17.7 Å². The summed E-state index contributed by atoms with van der Waals surface area (Å²) < 4.78 is 0. The third kappa shape index (κ3) is 2.26. The van der Waals surface area contributed by atoms with E-state index in [1.54, 1.807) is 6.07 Å². The van der Waals surface area contributed by atoms with Crippen LogP contribution in [0.15, 0.2) is 12.1 Å². The van der Waals surface area contributed by atoms with Gasteiger partial charge < -0.3 is 15.3 Å². The van der Waals surface area contributed by atoms with Crippen molar-refractivity contribution in [2.24, 2.45) is 0 Å². The van der Waals surface area contributed by atoms with Gasteiger partial charge in [0.1, 0.15) is 0 Å². The van der Waals surface area contributed by atoms with Gasteiger partial charge in [-0.05, 0) is 24.5 Å². The fourth-order valence-electron chi connectivity index (χ4n) is 1.07. The third-order valence-corrected chi connectivity index (χ3v) is 2.09. The minimum absolute atomic E-state index is 0.0584. The molecular weight excluding hydrogens is 192 g/mol. The molecule has 0 radical (unpaired) electrons. The molecule has 1 aromatic rings. The number of phenols is 2. The summed E-state index contributed by atoms with van der Waals surface area (Å²) in [6.45, 7) is 0.0584. The molecule has 0 aliphatic carbocycles. The van der Waals surface area contributed by atoms with Crippen LogP contribution in [-0.2, 0) is 6.42 Å². The fourth-order valence-corrected chi connectivity index (χ4v) is 1.22. The van der Waals surface area contributed by atoms with Gasteiger partial charge in [-0.3, -0.25) is 0 Å². The first-order valence-corrected chi connectivity index (χ1v) is 4.34. The first-order valence-electron chi connectivity index (χ1n) is 3.97. The van der Waals surface area contributed by atoms with E-state index in [9.17, 15) is 10.2 Å². The van der Waals surface area contributed by atoms with Crippen LogP contribution in [0.4, 0.5) is 0 Å². The minimum Gasteiger partial charge on any atom is -0.504 e. The average Bonchev–Trinajstić information content (AvgIpc) is 2.13. The lowest BCUT2D eigenvalue weighted by Crippen LogP contribution is -1.90. The number of phenolic OH excluding ortho intramolecular Hbond substituents is 2. The third-order valence-electron chi connectivity index (χ3n) is 1.79. The van der Waals surface area contributed by atoms with E-state index >= 15 is 0 Å². The van der Waals surface area contributed by atoms with Crippen molar-refractivity contribution in [3.05, 3.63) is 22.7 Å². The number of hydrogen-bond acceptors (Lipinski definition) is 3. The molecule has 0 spiro atoms. The van der Waals surface area contributed by atoms with E-state index in [4.69, 9.17) is 16.7 Å². The van der Waals surface area contributed by atoms with Gasteiger partial charge in [0, 0.05) is 6.61 Å². The standard InChI is InChI=1S/C9H11ClO3/c10-7-4-3-6(2-1-5-11)8(12)9(7)13/h3-4,11-13H,1-2,5H2. The molecule has 3 nitrogen and oxygen atoms in total. The quantitative estimate of drug-likeness (QED) is 0.654. The second-order valence-corrected chi connectivity index (χ2v) is 3.14. The number of halogens is 1. The van der Waals surface area contributed by atoms with Gasteiger partial charge in [0.2, 0.25) is 0 Å². The summed E-state index contributed by atoms with van der Waals surface area (Å²) in [4.78, 5) is 0. The molecule has 0 bridgehead atoms. The number of aliphatic hydroxyl groups excluding tert-OH is 1. The Morgan fingerprint density at radius 2 is 1.85 bits per heavy atom. The van der Waals surface area contributed by atoms with Crippen molar-refractivity contribution in [2.75, 3.05) is 6.61 Å². The van der Waals surface area contributed by atoms with Crippen molar-refractivity contribution in [1.82, 2.24) is 0 Å². The van der Waals surface area contributed by atoms with Gasteiger partial charge in [-0.25, -0.2) is 0 Å². The number of benzene rings is 1. The highest BCUT2D eigenvalue weighted by Crippen LogP contribution is 2.36. The number of hydrogen-bond donors (Lipinski definition) is 3. The molecule has 0 amide bonds. The SMILES string of the molecule is OCCCc1ccc(Cl)c(O)c1O. The highest BCUT2D eigenvalue weighted by atomic mass is 35.5. The van der Waals surface area contributed by atoms with Gasteiger partial charge in [0.25, 0.3) is 0 Å². The summed E-state index contributed by atoms with van der Waals surface area (Å²) in [6, 6.07) is 3.15. The number of aromatic hydroxyl groups is 2. The zero-order chi connectivity index (χ0) is 9.84. The Bertz CT molecular complexity index is 299. The van der Waals surface area contributed by atoms with E-state index in [0.29, 0.717) is 18.4 Å². The normalized spacial score (nSPS) is 10.3. The van der Waals surface area contributed by atoms with Gasteiger partial charge in [0.15, 0.2) is 11.5 Å². The van der Waals surface area contributed by atoms with Crippen molar-refractivity contribution in [1.29, 1.82) is 0 Å². The van der Waals surface area contributed by atoms with Gasteiger partial charge in [0.05, 0.1) is 5.02 Å². The van der Waals surface area contributed by atoms with E-state index in [1.807, 2.05) is 0 Å². The molecule has 0 saturated carbocycles. The van der Waals surface area contributed by atoms with E-state index in [1.165, 1.54) is 6.07 Å². The summed E-state index contributed by atoms with van der Waals surface area (Å²) >= 11 is 5.56. The molecule has 0 fully saturated rings. The molecule has 0 aromatic heterocycles. The van der Waals surface area contributed by atoms with Gasteiger partial charge >= 0.3 is 0 Å². The van der Waals surface area contributed by atoms with Crippen LogP contribution < -0.4 is 0 Å². The highest BCUT2D eigenvalue weighted by molar-refractivity contribution is 6.32. The Morgan fingerprint density at radius 3 is 2.46 bits per heavy atom. The Balaban J connectivity index is 2.90. The summed E-state index contributed by atoms with van der Waals surface area (Å²) in [5, 5.41) is 27.3. The van der Waals surface area contributed by atoms with Crippen LogP contribution >= 0.6 is 11.6 Å². The summed E-state index contributed by atoms with van der Waals surface area (Å²) in [7, 11) is 0. The maximum Gasteiger partial charge on any atom is 0.176 e. The molecule has 1 aromatic carbocycles. The zero-order valence-electron chi connectivity index (χ0n) is 7.00. The first kappa shape index (κ1) is 10.2.